The minimum Gasteiger partial charge on any atom is -0.378 e. The second-order valence-corrected chi connectivity index (χ2v) is 6.67. The van der Waals surface area contributed by atoms with Crippen LogP contribution < -0.4 is 10.2 Å². The molecule has 0 saturated carbocycles. The second kappa shape index (κ2) is 6.39. The van der Waals surface area contributed by atoms with Crippen molar-refractivity contribution in [1.82, 2.24) is 15.2 Å². The molecule has 6 heteroatoms. The molecule has 20 heavy (non-hydrogen) atoms. The van der Waals surface area contributed by atoms with Crippen LogP contribution in [0.5, 0.6) is 0 Å². The highest BCUT2D eigenvalue weighted by Gasteiger charge is 2.31. The number of piperazine rings is 1. The Kier molecular flexibility index (Phi) is 4.55. The van der Waals surface area contributed by atoms with Gasteiger partial charge in [-0.1, -0.05) is 0 Å². The van der Waals surface area contributed by atoms with Gasteiger partial charge in [-0.25, -0.2) is 4.98 Å². The number of nitrogens with one attached hydrogen (secondary N) is 1. The van der Waals surface area contributed by atoms with Crippen molar-refractivity contribution in [2.45, 2.75) is 32.0 Å². The summed E-state index contributed by atoms with van der Waals surface area (Å²) in [5.41, 5.74) is 1.09. The zero-order valence-corrected chi connectivity index (χ0v) is 13.2. The van der Waals surface area contributed by atoms with Gasteiger partial charge in [0, 0.05) is 44.2 Å². The first kappa shape index (κ1) is 14.3. The van der Waals surface area contributed by atoms with E-state index >= 15 is 0 Å². The number of anilines is 1. The van der Waals surface area contributed by atoms with E-state index < -0.39 is 0 Å². The summed E-state index contributed by atoms with van der Waals surface area (Å²) >= 11 is 1.82. The van der Waals surface area contributed by atoms with Gasteiger partial charge in [-0.05, 0) is 26.4 Å². The van der Waals surface area contributed by atoms with Gasteiger partial charge in [0.25, 0.3) is 0 Å². The van der Waals surface area contributed by atoms with Gasteiger partial charge < -0.3 is 15.0 Å². The maximum absolute atomic E-state index is 5.27. The third-order valence-corrected chi connectivity index (χ3v) is 5.40. The minimum atomic E-state index is 0.608. The van der Waals surface area contributed by atoms with E-state index in [-0.39, 0.29) is 0 Å². The molecule has 0 amide bonds. The monoisotopic (exact) mass is 296 g/mol. The van der Waals surface area contributed by atoms with Gasteiger partial charge in [-0.3, -0.25) is 4.90 Å². The normalized spacial score (nSPS) is 23.3. The molecule has 5 nitrogen and oxygen atoms in total. The van der Waals surface area contributed by atoms with Crippen LogP contribution in [0.4, 0.5) is 5.13 Å². The van der Waals surface area contributed by atoms with Crippen LogP contribution in [-0.2, 0) is 17.9 Å². The fourth-order valence-corrected chi connectivity index (χ4v) is 4.33. The number of nitrogens with zero attached hydrogens (tertiary/aromatic N) is 3. The van der Waals surface area contributed by atoms with Gasteiger partial charge >= 0.3 is 0 Å². The van der Waals surface area contributed by atoms with Crippen LogP contribution in [0.15, 0.2) is 0 Å². The molecule has 1 atom stereocenters. The van der Waals surface area contributed by atoms with Crippen molar-refractivity contribution in [3.63, 3.8) is 0 Å². The zero-order chi connectivity index (χ0) is 13.9. The molecule has 112 valence electrons. The summed E-state index contributed by atoms with van der Waals surface area (Å²) in [5, 5.41) is 4.40. The van der Waals surface area contributed by atoms with Crippen LogP contribution in [0.1, 0.15) is 23.4 Å². The van der Waals surface area contributed by atoms with E-state index in [2.05, 4.69) is 15.1 Å². The van der Waals surface area contributed by atoms with Gasteiger partial charge in [0.15, 0.2) is 5.13 Å². The van der Waals surface area contributed by atoms with Crippen LogP contribution in [0.25, 0.3) is 0 Å². The topological polar surface area (TPSA) is 40.6 Å². The van der Waals surface area contributed by atoms with E-state index in [0.717, 1.165) is 31.4 Å². The lowest BCUT2D eigenvalue weighted by atomic mass is 10.2. The molecule has 0 aromatic carbocycles. The molecule has 1 N–H and O–H groups in total. The molecule has 0 bridgehead atoms. The van der Waals surface area contributed by atoms with E-state index in [4.69, 9.17) is 9.72 Å². The van der Waals surface area contributed by atoms with E-state index in [1.165, 1.54) is 35.9 Å². The quantitative estimate of drug-likeness (QED) is 0.887. The van der Waals surface area contributed by atoms with Crippen molar-refractivity contribution in [3.8, 4) is 0 Å². The van der Waals surface area contributed by atoms with Crippen molar-refractivity contribution in [2.75, 3.05) is 45.2 Å². The van der Waals surface area contributed by atoms with Crippen molar-refractivity contribution < 1.29 is 4.74 Å². The van der Waals surface area contributed by atoms with Crippen molar-refractivity contribution in [3.05, 3.63) is 10.6 Å². The molecule has 1 unspecified atom stereocenters. The molecular weight excluding hydrogens is 272 g/mol. The largest absolute Gasteiger partial charge is 0.378 e. The number of hydrogen-bond acceptors (Lipinski definition) is 6. The Balaban J connectivity index is 1.74. The molecule has 3 rings (SSSR count). The summed E-state index contributed by atoms with van der Waals surface area (Å²) in [6.07, 6.45) is 2.70. The van der Waals surface area contributed by atoms with Crippen molar-refractivity contribution in [2.24, 2.45) is 0 Å². The third kappa shape index (κ3) is 2.83. The zero-order valence-electron chi connectivity index (χ0n) is 12.4. The Labute approximate surface area is 124 Å². The van der Waals surface area contributed by atoms with Crippen LogP contribution in [0.3, 0.4) is 0 Å². The highest BCUT2D eigenvalue weighted by molar-refractivity contribution is 7.15. The molecule has 3 heterocycles. The molecule has 0 spiro atoms. The Morgan fingerprint density at radius 1 is 1.40 bits per heavy atom. The van der Waals surface area contributed by atoms with Gasteiger partial charge in [-0.15, -0.1) is 11.3 Å². The van der Waals surface area contributed by atoms with E-state index in [1.54, 1.807) is 7.11 Å². The number of rotatable bonds is 5. The molecule has 2 aliphatic rings. The van der Waals surface area contributed by atoms with Gasteiger partial charge in [0.05, 0.1) is 12.3 Å². The number of aromatic nitrogens is 1. The van der Waals surface area contributed by atoms with E-state index in [1.807, 2.05) is 18.4 Å². The highest BCUT2D eigenvalue weighted by atomic mass is 32.1. The Morgan fingerprint density at radius 3 is 3.10 bits per heavy atom. The predicted octanol–water partition coefficient (Wildman–Crippen LogP) is 1.29. The SMILES string of the molecule is CNCc1sc(N2CCN3CCCC3C2)nc1COC. The Morgan fingerprint density at radius 2 is 2.30 bits per heavy atom. The number of hydrogen-bond donors (Lipinski definition) is 1. The number of methoxy groups -OCH3 is 1. The molecule has 1 aromatic heterocycles. The summed E-state index contributed by atoms with van der Waals surface area (Å²) < 4.78 is 5.27. The van der Waals surface area contributed by atoms with Crippen LogP contribution >= 0.6 is 11.3 Å². The molecule has 0 aliphatic carbocycles. The summed E-state index contributed by atoms with van der Waals surface area (Å²) in [6.45, 7) is 6.20. The average molecular weight is 296 g/mol. The first-order valence-electron chi connectivity index (χ1n) is 7.43. The fourth-order valence-electron chi connectivity index (χ4n) is 3.22. The predicted molar refractivity (Wildman–Crippen MR) is 82.4 cm³/mol. The number of fused-ring (bicyclic) bond motifs is 1. The summed E-state index contributed by atoms with van der Waals surface area (Å²) in [4.78, 5) is 11.2. The van der Waals surface area contributed by atoms with Crippen molar-refractivity contribution in [1.29, 1.82) is 0 Å². The molecule has 2 aliphatic heterocycles. The van der Waals surface area contributed by atoms with Crippen LogP contribution in [0, 0.1) is 0 Å². The molecule has 0 radical (unpaired) electrons. The minimum absolute atomic E-state index is 0.608. The Hall–Kier alpha value is -0.690. The average Bonchev–Trinajstić information content (AvgIpc) is 3.06. The third-order valence-electron chi connectivity index (χ3n) is 4.24. The fraction of sp³-hybridized carbons (Fsp3) is 0.786. The lowest BCUT2D eigenvalue weighted by molar-refractivity contribution is 0.181. The number of thiazole rings is 1. The van der Waals surface area contributed by atoms with E-state index in [9.17, 15) is 0 Å². The molecular formula is C14H24N4OS. The van der Waals surface area contributed by atoms with Crippen LogP contribution in [0.2, 0.25) is 0 Å². The first-order chi connectivity index (χ1) is 9.81. The van der Waals surface area contributed by atoms with Gasteiger partial charge in [-0.2, -0.15) is 0 Å². The van der Waals surface area contributed by atoms with E-state index in [0.29, 0.717) is 6.61 Å². The van der Waals surface area contributed by atoms with Gasteiger partial charge in [0.1, 0.15) is 0 Å². The first-order valence-corrected chi connectivity index (χ1v) is 8.24. The second-order valence-electron chi connectivity index (χ2n) is 5.61. The number of ether oxygens (including phenoxy) is 1. The standard InChI is InChI=1S/C14H24N4OS/c1-15-8-13-12(10-19-2)16-14(20-13)18-7-6-17-5-3-4-11(17)9-18/h11,15H,3-10H2,1-2H3. The summed E-state index contributed by atoms with van der Waals surface area (Å²) in [7, 11) is 3.72. The Bertz CT molecular complexity index is 427. The molecule has 2 saturated heterocycles. The maximum atomic E-state index is 5.27. The smallest absolute Gasteiger partial charge is 0.186 e. The van der Waals surface area contributed by atoms with Gasteiger partial charge in [0.2, 0.25) is 0 Å². The maximum Gasteiger partial charge on any atom is 0.186 e. The molecule has 2 fully saturated rings. The molecule has 1 aromatic rings. The van der Waals surface area contributed by atoms with Crippen molar-refractivity contribution >= 4 is 16.5 Å². The summed E-state index contributed by atoms with van der Waals surface area (Å²) in [6, 6.07) is 0.742. The summed E-state index contributed by atoms with van der Waals surface area (Å²) in [5.74, 6) is 0. The highest BCUT2D eigenvalue weighted by Crippen LogP contribution is 2.30. The lowest BCUT2D eigenvalue weighted by Gasteiger charge is -2.37. The lowest BCUT2D eigenvalue weighted by Crippen LogP contribution is -2.50. The van der Waals surface area contributed by atoms with Crippen LogP contribution in [-0.4, -0.2) is 56.3 Å².